The van der Waals surface area contributed by atoms with Crippen molar-refractivity contribution in [2.24, 2.45) is 0 Å². The lowest BCUT2D eigenvalue weighted by molar-refractivity contribution is 0.318. The Hall–Kier alpha value is -1.71. The number of piperidine rings is 1. The van der Waals surface area contributed by atoms with E-state index in [-0.39, 0.29) is 4.90 Å². The van der Waals surface area contributed by atoms with Crippen LogP contribution in [0.4, 0.5) is 0 Å². The van der Waals surface area contributed by atoms with E-state index >= 15 is 0 Å². The highest BCUT2D eigenvalue weighted by Gasteiger charge is 2.32. The summed E-state index contributed by atoms with van der Waals surface area (Å²) in [5.74, 6) is 1.31. The first-order valence-electron chi connectivity index (χ1n) is 8.45. The van der Waals surface area contributed by atoms with Crippen LogP contribution in [-0.4, -0.2) is 45.0 Å². The predicted molar refractivity (Wildman–Crippen MR) is 96.4 cm³/mol. The van der Waals surface area contributed by atoms with Gasteiger partial charge in [-0.15, -0.1) is 11.3 Å². The number of aryl methyl sites for hydroxylation is 2. The van der Waals surface area contributed by atoms with Gasteiger partial charge in [-0.1, -0.05) is 0 Å². The van der Waals surface area contributed by atoms with E-state index in [9.17, 15) is 8.42 Å². The summed E-state index contributed by atoms with van der Waals surface area (Å²) >= 11 is 1.69. The lowest BCUT2D eigenvalue weighted by atomic mass is 9.95. The second kappa shape index (κ2) is 6.22. The smallest absolute Gasteiger partial charge is 0.246 e. The molecule has 9 heteroatoms. The van der Waals surface area contributed by atoms with Gasteiger partial charge in [0, 0.05) is 43.3 Å². The van der Waals surface area contributed by atoms with Crippen molar-refractivity contribution in [3.63, 3.8) is 0 Å². The quantitative estimate of drug-likeness (QED) is 0.698. The molecule has 4 heterocycles. The number of imidazole rings is 1. The number of rotatable bonds is 4. The Kier molecular flexibility index (Phi) is 4.17. The Balaban J connectivity index is 1.52. The van der Waals surface area contributed by atoms with Crippen molar-refractivity contribution in [3.8, 4) is 0 Å². The third-order valence-electron chi connectivity index (χ3n) is 4.87. The predicted octanol–water partition coefficient (Wildman–Crippen LogP) is 2.49. The third kappa shape index (κ3) is 2.80. The third-order valence-corrected chi connectivity index (χ3v) is 7.61. The Morgan fingerprint density at radius 2 is 2.08 bits per heavy atom. The highest BCUT2D eigenvalue weighted by atomic mass is 32.2. The molecule has 25 heavy (non-hydrogen) atoms. The molecule has 3 aromatic heterocycles. The van der Waals surface area contributed by atoms with E-state index in [4.69, 9.17) is 4.98 Å². The van der Waals surface area contributed by atoms with Crippen molar-refractivity contribution in [2.75, 3.05) is 13.1 Å². The molecule has 1 aliphatic heterocycles. The first kappa shape index (κ1) is 16.7. The van der Waals surface area contributed by atoms with Crippen LogP contribution in [-0.2, 0) is 16.6 Å². The molecule has 0 amide bonds. The maximum atomic E-state index is 12.8. The zero-order chi connectivity index (χ0) is 17.6. The average Bonchev–Trinajstić information content (AvgIpc) is 3.33. The number of hydrogen-bond acceptors (Lipinski definition) is 5. The monoisotopic (exact) mass is 379 g/mol. The van der Waals surface area contributed by atoms with Gasteiger partial charge in [-0.25, -0.2) is 13.4 Å². The summed E-state index contributed by atoms with van der Waals surface area (Å²) in [4.78, 5) is 6.19. The summed E-state index contributed by atoms with van der Waals surface area (Å²) in [6.45, 7) is 5.65. The van der Waals surface area contributed by atoms with E-state index < -0.39 is 10.0 Å². The van der Waals surface area contributed by atoms with Crippen LogP contribution in [0.1, 0.15) is 37.2 Å². The van der Waals surface area contributed by atoms with Crippen LogP contribution in [0.5, 0.6) is 0 Å². The molecular weight excluding hydrogens is 358 g/mol. The molecule has 0 unspecified atom stereocenters. The Morgan fingerprint density at radius 1 is 1.32 bits per heavy atom. The SMILES string of the molecule is CCn1cc(S(=O)(=O)N2CCC(c3nc(C)n4ccsc34)CC2)cn1. The summed E-state index contributed by atoms with van der Waals surface area (Å²) < 4.78 is 30.9. The first-order valence-corrected chi connectivity index (χ1v) is 10.8. The second-order valence-electron chi connectivity index (χ2n) is 6.33. The number of thiazole rings is 1. The van der Waals surface area contributed by atoms with Crippen LogP contribution in [0, 0.1) is 6.92 Å². The molecule has 0 radical (unpaired) electrons. The topological polar surface area (TPSA) is 72.5 Å². The highest BCUT2D eigenvalue weighted by molar-refractivity contribution is 7.89. The molecule has 1 fully saturated rings. The van der Waals surface area contributed by atoms with E-state index in [0.29, 0.717) is 25.6 Å². The fraction of sp³-hybridized carbons (Fsp3) is 0.500. The van der Waals surface area contributed by atoms with Crippen LogP contribution in [0.15, 0.2) is 28.9 Å². The summed E-state index contributed by atoms with van der Waals surface area (Å²) in [6.07, 6.45) is 6.68. The van der Waals surface area contributed by atoms with Crippen molar-refractivity contribution in [1.82, 2.24) is 23.5 Å². The van der Waals surface area contributed by atoms with Crippen molar-refractivity contribution < 1.29 is 8.42 Å². The lowest BCUT2D eigenvalue weighted by Gasteiger charge is -2.30. The minimum atomic E-state index is -3.46. The summed E-state index contributed by atoms with van der Waals surface area (Å²) in [5, 5.41) is 6.16. The number of aromatic nitrogens is 4. The van der Waals surface area contributed by atoms with Crippen molar-refractivity contribution in [3.05, 3.63) is 35.5 Å². The molecule has 1 saturated heterocycles. The largest absolute Gasteiger partial charge is 0.294 e. The molecule has 0 spiro atoms. The maximum Gasteiger partial charge on any atom is 0.246 e. The van der Waals surface area contributed by atoms with Gasteiger partial charge in [0.25, 0.3) is 0 Å². The minimum absolute atomic E-state index is 0.284. The Bertz CT molecular complexity index is 993. The number of nitrogens with zero attached hydrogens (tertiary/aromatic N) is 5. The Morgan fingerprint density at radius 3 is 2.76 bits per heavy atom. The molecule has 134 valence electrons. The zero-order valence-corrected chi connectivity index (χ0v) is 15.9. The summed E-state index contributed by atoms with van der Waals surface area (Å²) in [5.41, 5.74) is 1.11. The van der Waals surface area contributed by atoms with Crippen LogP contribution in [0.2, 0.25) is 0 Å². The van der Waals surface area contributed by atoms with Gasteiger partial charge in [-0.3, -0.25) is 9.08 Å². The van der Waals surface area contributed by atoms with Gasteiger partial charge in [0.2, 0.25) is 10.0 Å². The van der Waals surface area contributed by atoms with Gasteiger partial charge in [0.15, 0.2) is 0 Å². The fourth-order valence-electron chi connectivity index (χ4n) is 3.43. The average molecular weight is 380 g/mol. The maximum absolute atomic E-state index is 12.8. The molecule has 1 aliphatic rings. The van der Waals surface area contributed by atoms with E-state index in [1.165, 1.54) is 11.0 Å². The number of hydrogen-bond donors (Lipinski definition) is 0. The molecule has 0 N–H and O–H groups in total. The van der Waals surface area contributed by atoms with E-state index in [2.05, 4.69) is 14.9 Å². The Labute approximate surface area is 151 Å². The number of fused-ring (bicyclic) bond motifs is 1. The van der Waals surface area contributed by atoms with E-state index in [1.807, 2.05) is 20.0 Å². The summed E-state index contributed by atoms with van der Waals surface area (Å²) in [6, 6.07) is 0. The van der Waals surface area contributed by atoms with Gasteiger partial charge >= 0.3 is 0 Å². The molecular formula is C16H21N5O2S2. The minimum Gasteiger partial charge on any atom is -0.294 e. The standard InChI is InChI=1S/C16H21N5O2S2/c1-3-19-11-14(10-17-19)25(22,23)20-6-4-13(5-7-20)15-16-21(8-9-24-16)12(2)18-15/h8-11,13H,3-7H2,1-2H3. The van der Waals surface area contributed by atoms with Crippen LogP contribution >= 0.6 is 11.3 Å². The van der Waals surface area contributed by atoms with Crippen molar-refractivity contribution >= 4 is 26.2 Å². The molecule has 7 nitrogen and oxygen atoms in total. The van der Waals surface area contributed by atoms with Crippen molar-refractivity contribution in [2.45, 2.75) is 44.0 Å². The van der Waals surface area contributed by atoms with Crippen LogP contribution in [0.3, 0.4) is 0 Å². The van der Waals surface area contributed by atoms with Gasteiger partial charge in [0.05, 0.1) is 11.9 Å². The van der Waals surface area contributed by atoms with E-state index in [0.717, 1.165) is 24.4 Å². The zero-order valence-electron chi connectivity index (χ0n) is 14.3. The molecule has 0 saturated carbocycles. The number of sulfonamides is 1. The fourth-order valence-corrected chi connectivity index (χ4v) is 5.81. The van der Waals surface area contributed by atoms with Gasteiger partial charge in [-0.2, -0.15) is 9.40 Å². The lowest BCUT2D eigenvalue weighted by Crippen LogP contribution is -2.37. The normalized spacial score (nSPS) is 17.5. The van der Waals surface area contributed by atoms with Crippen LogP contribution in [0.25, 0.3) is 4.83 Å². The molecule has 4 rings (SSSR count). The molecule has 3 aromatic rings. The highest BCUT2D eigenvalue weighted by Crippen LogP contribution is 2.34. The molecule has 0 atom stereocenters. The van der Waals surface area contributed by atoms with E-state index in [1.54, 1.807) is 26.5 Å². The van der Waals surface area contributed by atoms with Crippen LogP contribution < -0.4 is 0 Å². The molecule has 0 aromatic carbocycles. The summed E-state index contributed by atoms with van der Waals surface area (Å²) in [7, 11) is -3.46. The first-order chi connectivity index (χ1) is 12.0. The molecule has 0 aliphatic carbocycles. The molecule has 0 bridgehead atoms. The van der Waals surface area contributed by atoms with Gasteiger partial charge < -0.3 is 0 Å². The van der Waals surface area contributed by atoms with Gasteiger partial charge in [-0.05, 0) is 26.7 Å². The second-order valence-corrected chi connectivity index (χ2v) is 9.17. The van der Waals surface area contributed by atoms with Gasteiger partial charge in [0.1, 0.15) is 15.6 Å². The van der Waals surface area contributed by atoms with Crippen molar-refractivity contribution in [1.29, 1.82) is 0 Å².